The Morgan fingerprint density at radius 1 is 0.909 bits per heavy atom. The average molecular weight is 458 g/mol. The summed E-state index contributed by atoms with van der Waals surface area (Å²) in [6.07, 6.45) is 3.63. The number of carbonyl (C=O) groups is 2. The molecule has 3 aromatic carbocycles. The smallest absolute Gasteiger partial charge is 0.256 e. The molecule has 3 N–H and O–H groups in total. The number of nitrogens with two attached hydrogens (primary N) is 1. The van der Waals surface area contributed by atoms with Crippen LogP contribution in [0, 0.1) is 5.82 Å². The van der Waals surface area contributed by atoms with Gasteiger partial charge in [0.25, 0.3) is 11.8 Å². The molecule has 0 atom stereocenters. The molecule has 33 heavy (non-hydrogen) atoms. The lowest BCUT2D eigenvalue weighted by Gasteiger charge is -2.13. The van der Waals surface area contributed by atoms with Crippen molar-refractivity contribution in [1.29, 1.82) is 0 Å². The number of anilines is 1. The second-order valence-electron chi connectivity index (χ2n) is 7.22. The van der Waals surface area contributed by atoms with E-state index in [-0.39, 0.29) is 11.5 Å². The number of nitrogens with one attached hydrogen (secondary N) is 1. The van der Waals surface area contributed by atoms with Gasteiger partial charge in [-0.15, -0.1) is 11.8 Å². The Morgan fingerprint density at radius 2 is 1.73 bits per heavy atom. The summed E-state index contributed by atoms with van der Waals surface area (Å²) in [6, 6.07) is 22.5. The molecule has 0 saturated carbocycles. The van der Waals surface area contributed by atoms with Crippen molar-refractivity contribution in [2.75, 3.05) is 11.6 Å². The van der Waals surface area contributed by atoms with Gasteiger partial charge in [0.15, 0.2) is 0 Å². The minimum atomic E-state index is -0.845. The molecule has 5 nitrogen and oxygen atoms in total. The van der Waals surface area contributed by atoms with E-state index in [9.17, 15) is 14.0 Å². The highest BCUT2D eigenvalue weighted by atomic mass is 32.2. The predicted octanol–water partition coefficient (Wildman–Crippen LogP) is 5.63. The van der Waals surface area contributed by atoms with Gasteiger partial charge in [-0.2, -0.15) is 0 Å². The summed E-state index contributed by atoms with van der Waals surface area (Å²) in [5, 5.41) is 2.92. The average Bonchev–Trinajstić information content (AvgIpc) is 2.84. The van der Waals surface area contributed by atoms with Crippen LogP contribution in [-0.4, -0.2) is 23.1 Å². The van der Waals surface area contributed by atoms with E-state index < -0.39 is 11.7 Å². The zero-order valence-electron chi connectivity index (χ0n) is 17.7. The van der Waals surface area contributed by atoms with Crippen molar-refractivity contribution in [1.82, 2.24) is 4.98 Å². The van der Waals surface area contributed by atoms with E-state index in [1.807, 2.05) is 54.8 Å². The van der Waals surface area contributed by atoms with Crippen LogP contribution in [0.1, 0.15) is 20.7 Å². The lowest BCUT2D eigenvalue weighted by atomic mass is 9.97. The fraction of sp³-hybridized carbons (Fsp3) is 0.0385. The highest BCUT2D eigenvalue weighted by Gasteiger charge is 2.17. The number of nitrogens with zero attached hydrogens (tertiary/aromatic N) is 1. The summed E-state index contributed by atoms with van der Waals surface area (Å²) >= 11 is 1.51. The van der Waals surface area contributed by atoms with Crippen LogP contribution in [0.5, 0.6) is 0 Å². The first-order valence-electron chi connectivity index (χ1n) is 10.1. The molecule has 0 aliphatic carbocycles. The molecule has 0 aliphatic heterocycles. The quantitative estimate of drug-likeness (QED) is 0.368. The number of amides is 2. The predicted molar refractivity (Wildman–Crippen MR) is 130 cm³/mol. The number of hydrogen-bond acceptors (Lipinski definition) is 4. The van der Waals surface area contributed by atoms with Gasteiger partial charge in [-0.25, -0.2) is 4.39 Å². The van der Waals surface area contributed by atoms with Crippen molar-refractivity contribution in [3.8, 4) is 22.4 Å². The van der Waals surface area contributed by atoms with Gasteiger partial charge in [-0.3, -0.25) is 14.6 Å². The molecule has 0 saturated heterocycles. The third kappa shape index (κ3) is 4.94. The molecule has 2 amide bonds. The molecule has 7 heteroatoms. The van der Waals surface area contributed by atoms with E-state index in [4.69, 9.17) is 5.73 Å². The molecule has 164 valence electrons. The van der Waals surface area contributed by atoms with Crippen molar-refractivity contribution in [2.24, 2.45) is 5.73 Å². The maximum Gasteiger partial charge on any atom is 0.256 e. The van der Waals surface area contributed by atoms with E-state index in [0.29, 0.717) is 22.4 Å². The summed E-state index contributed by atoms with van der Waals surface area (Å²) in [4.78, 5) is 29.9. The van der Waals surface area contributed by atoms with E-state index >= 15 is 0 Å². The minimum absolute atomic E-state index is 0.197. The number of primary amides is 1. The van der Waals surface area contributed by atoms with E-state index in [0.717, 1.165) is 16.2 Å². The highest BCUT2D eigenvalue weighted by molar-refractivity contribution is 7.98. The normalized spacial score (nSPS) is 10.6. The monoisotopic (exact) mass is 457 g/mol. The fourth-order valence-corrected chi connectivity index (χ4v) is 3.90. The molecule has 4 rings (SSSR count). The molecular formula is C26H20FN3O2S. The van der Waals surface area contributed by atoms with Crippen LogP contribution in [0.2, 0.25) is 0 Å². The van der Waals surface area contributed by atoms with Crippen LogP contribution >= 0.6 is 11.8 Å². The van der Waals surface area contributed by atoms with Gasteiger partial charge in [-0.1, -0.05) is 24.3 Å². The molecule has 0 bridgehead atoms. The largest absolute Gasteiger partial charge is 0.366 e. The Hall–Kier alpha value is -3.97. The number of pyridine rings is 1. The Labute approximate surface area is 194 Å². The number of carbonyl (C=O) groups excluding carboxylic acids is 2. The lowest BCUT2D eigenvalue weighted by Crippen LogP contribution is -2.14. The number of hydrogen-bond donors (Lipinski definition) is 2. The molecular weight excluding hydrogens is 437 g/mol. The second kappa shape index (κ2) is 9.67. The molecule has 0 aliphatic rings. The van der Waals surface area contributed by atoms with Crippen LogP contribution in [0.3, 0.4) is 0 Å². The van der Waals surface area contributed by atoms with Crippen LogP contribution in [0.4, 0.5) is 10.1 Å². The molecule has 4 aromatic rings. The first-order valence-corrected chi connectivity index (χ1v) is 11.3. The van der Waals surface area contributed by atoms with Crippen molar-refractivity contribution >= 4 is 29.3 Å². The van der Waals surface area contributed by atoms with Gasteiger partial charge in [-0.05, 0) is 72.0 Å². The van der Waals surface area contributed by atoms with Crippen LogP contribution in [0.15, 0.2) is 90.0 Å². The van der Waals surface area contributed by atoms with E-state index in [1.54, 1.807) is 24.4 Å². The van der Waals surface area contributed by atoms with Gasteiger partial charge in [0, 0.05) is 27.9 Å². The summed E-state index contributed by atoms with van der Waals surface area (Å²) in [7, 11) is 0. The van der Waals surface area contributed by atoms with Crippen molar-refractivity contribution in [3.05, 3.63) is 102 Å². The Balaban J connectivity index is 1.69. The molecule has 0 radical (unpaired) electrons. The van der Waals surface area contributed by atoms with Crippen LogP contribution in [-0.2, 0) is 0 Å². The van der Waals surface area contributed by atoms with E-state index in [1.165, 1.54) is 23.9 Å². The van der Waals surface area contributed by atoms with Crippen molar-refractivity contribution in [3.63, 3.8) is 0 Å². The van der Waals surface area contributed by atoms with Crippen LogP contribution < -0.4 is 11.1 Å². The van der Waals surface area contributed by atoms with Gasteiger partial charge < -0.3 is 11.1 Å². The van der Waals surface area contributed by atoms with Gasteiger partial charge in [0.05, 0.1) is 11.3 Å². The second-order valence-corrected chi connectivity index (χ2v) is 8.10. The lowest BCUT2D eigenvalue weighted by molar-refractivity contribution is 0.0994. The maximum atomic E-state index is 14.4. The van der Waals surface area contributed by atoms with Crippen molar-refractivity contribution < 1.29 is 14.0 Å². The SMILES string of the molecule is CSc1ccc(C(=O)Nc2cccc(-c3ccccn3)c2)c(-c2ccc(C(N)=O)c(F)c2)c1. The van der Waals surface area contributed by atoms with Crippen LogP contribution in [0.25, 0.3) is 22.4 Å². The summed E-state index contributed by atoms with van der Waals surface area (Å²) in [6.45, 7) is 0. The number of thioether (sulfide) groups is 1. The van der Waals surface area contributed by atoms with Gasteiger partial charge >= 0.3 is 0 Å². The minimum Gasteiger partial charge on any atom is -0.366 e. The number of halogens is 1. The third-order valence-electron chi connectivity index (χ3n) is 5.10. The fourth-order valence-electron chi connectivity index (χ4n) is 3.46. The van der Waals surface area contributed by atoms with Gasteiger partial charge in [0.1, 0.15) is 5.82 Å². The number of benzene rings is 3. The third-order valence-corrected chi connectivity index (χ3v) is 5.82. The molecule has 1 aromatic heterocycles. The molecule has 1 heterocycles. The van der Waals surface area contributed by atoms with Crippen molar-refractivity contribution in [2.45, 2.75) is 4.90 Å². The number of aromatic nitrogens is 1. The number of rotatable bonds is 6. The summed E-state index contributed by atoms with van der Waals surface area (Å²) < 4.78 is 14.4. The summed E-state index contributed by atoms with van der Waals surface area (Å²) in [5.74, 6) is -1.91. The molecule has 0 unspecified atom stereocenters. The topological polar surface area (TPSA) is 85.1 Å². The highest BCUT2D eigenvalue weighted by Crippen LogP contribution is 2.31. The maximum absolute atomic E-state index is 14.4. The van der Waals surface area contributed by atoms with Gasteiger partial charge in [0.2, 0.25) is 0 Å². The summed E-state index contributed by atoms with van der Waals surface area (Å²) in [5.41, 5.74) is 8.70. The zero-order chi connectivity index (χ0) is 23.4. The Morgan fingerprint density at radius 3 is 2.42 bits per heavy atom. The Kier molecular flexibility index (Phi) is 6.51. The standard InChI is InChI=1S/C26H20FN3O2S/c1-33-19-9-11-20(22(15-19)16-8-10-21(25(28)31)23(27)14-16)26(32)30-18-6-4-5-17(13-18)24-7-2-3-12-29-24/h2-15H,1H3,(H2,28,31)(H,30,32). The Bertz CT molecular complexity index is 1340. The zero-order valence-corrected chi connectivity index (χ0v) is 18.5. The first kappa shape index (κ1) is 22.2. The first-order chi connectivity index (χ1) is 16.0. The molecule has 0 spiro atoms. The van der Waals surface area contributed by atoms with E-state index in [2.05, 4.69) is 10.3 Å². The molecule has 0 fully saturated rings.